The smallest absolute Gasteiger partial charge is 0.242 e. The summed E-state index contributed by atoms with van der Waals surface area (Å²) < 4.78 is 31.6. The number of rotatable bonds is 8. The maximum atomic E-state index is 12.4. The van der Waals surface area contributed by atoms with E-state index in [2.05, 4.69) is 5.32 Å². The van der Waals surface area contributed by atoms with E-state index in [1.54, 1.807) is 12.1 Å². The van der Waals surface area contributed by atoms with E-state index in [0.29, 0.717) is 24.6 Å². The average molecular weight is 348 g/mol. The summed E-state index contributed by atoms with van der Waals surface area (Å²) in [6, 6.07) is 14.9. The Morgan fingerprint density at radius 1 is 0.958 bits per heavy atom. The molecule has 0 saturated heterocycles. The van der Waals surface area contributed by atoms with E-state index in [1.165, 1.54) is 18.4 Å². The van der Waals surface area contributed by atoms with Crippen molar-refractivity contribution in [2.24, 2.45) is 0 Å². The summed E-state index contributed by atoms with van der Waals surface area (Å²) in [5, 5.41) is 3.31. The molecule has 0 spiro atoms. The minimum atomic E-state index is -3.45. The summed E-state index contributed by atoms with van der Waals surface area (Å²) in [6.07, 6.45) is 0. The second-order valence-corrected chi connectivity index (χ2v) is 7.66. The zero-order valence-electron chi connectivity index (χ0n) is 14.3. The van der Waals surface area contributed by atoms with Crippen LogP contribution in [0, 0.1) is 0 Å². The Morgan fingerprint density at radius 3 is 2.21 bits per heavy atom. The van der Waals surface area contributed by atoms with Gasteiger partial charge in [0.15, 0.2) is 0 Å². The molecule has 2 aromatic carbocycles. The van der Waals surface area contributed by atoms with Gasteiger partial charge in [0.05, 0.1) is 11.5 Å². The van der Waals surface area contributed by atoms with Crippen molar-refractivity contribution in [3.05, 3.63) is 59.7 Å². The van der Waals surface area contributed by atoms with Crippen LogP contribution in [0.4, 0.5) is 0 Å². The molecule has 0 aliphatic rings. The van der Waals surface area contributed by atoms with Crippen molar-refractivity contribution in [1.82, 2.24) is 9.62 Å². The van der Waals surface area contributed by atoms with Gasteiger partial charge < -0.3 is 10.1 Å². The van der Waals surface area contributed by atoms with Crippen molar-refractivity contribution < 1.29 is 13.2 Å². The topological polar surface area (TPSA) is 58.6 Å². The van der Waals surface area contributed by atoms with E-state index in [1.807, 2.05) is 43.3 Å². The first kappa shape index (κ1) is 18.4. The van der Waals surface area contributed by atoms with Crippen LogP contribution in [0.3, 0.4) is 0 Å². The van der Waals surface area contributed by atoms with Crippen molar-refractivity contribution in [3.8, 4) is 5.75 Å². The second kappa shape index (κ2) is 8.28. The molecule has 6 heteroatoms. The van der Waals surface area contributed by atoms with E-state index in [0.717, 1.165) is 16.9 Å². The number of sulfonamides is 1. The average Bonchev–Trinajstić information content (AvgIpc) is 2.57. The summed E-state index contributed by atoms with van der Waals surface area (Å²) in [7, 11) is -0.372. The van der Waals surface area contributed by atoms with Crippen molar-refractivity contribution in [3.63, 3.8) is 0 Å². The fourth-order valence-electron chi connectivity index (χ4n) is 2.38. The number of nitrogens with zero attached hydrogens (tertiary/aromatic N) is 1. The van der Waals surface area contributed by atoms with Gasteiger partial charge in [-0.25, -0.2) is 12.7 Å². The van der Waals surface area contributed by atoms with Gasteiger partial charge in [-0.1, -0.05) is 36.4 Å². The van der Waals surface area contributed by atoms with Gasteiger partial charge in [-0.3, -0.25) is 0 Å². The number of hydrogen-bond acceptors (Lipinski definition) is 4. The Morgan fingerprint density at radius 2 is 1.54 bits per heavy atom. The highest BCUT2D eigenvalue weighted by Gasteiger charge is 2.20. The van der Waals surface area contributed by atoms with Gasteiger partial charge in [0.2, 0.25) is 10.0 Å². The molecule has 0 heterocycles. The minimum absolute atomic E-state index is 0.334. The summed E-state index contributed by atoms with van der Waals surface area (Å²) >= 11 is 0. The van der Waals surface area contributed by atoms with Crippen LogP contribution in [0.5, 0.6) is 5.75 Å². The molecule has 0 saturated carbocycles. The molecule has 0 atom stereocenters. The fraction of sp³-hybridized carbons (Fsp3) is 0.333. The maximum Gasteiger partial charge on any atom is 0.242 e. The minimum Gasteiger partial charge on any atom is -0.494 e. The lowest BCUT2D eigenvalue weighted by Gasteiger charge is -2.16. The van der Waals surface area contributed by atoms with Crippen LogP contribution in [-0.2, 0) is 23.1 Å². The molecule has 0 aromatic heterocycles. The highest BCUT2D eigenvalue weighted by Crippen LogP contribution is 2.20. The van der Waals surface area contributed by atoms with Crippen LogP contribution in [0.25, 0.3) is 0 Å². The van der Waals surface area contributed by atoms with E-state index < -0.39 is 10.0 Å². The second-order valence-electron chi connectivity index (χ2n) is 5.54. The first-order chi connectivity index (χ1) is 11.5. The number of para-hydroxylation sites is 1. The third-order valence-corrected chi connectivity index (χ3v) is 5.55. The molecule has 2 rings (SSSR count). The van der Waals surface area contributed by atoms with Gasteiger partial charge in [-0.05, 0) is 24.6 Å². The monoisotopic (exact) mass is 348 g/mol. The lowest BCUT2D eigenvalue weighted by atomic mass is 10.2. The predicted molar refractivity (Wildman–Crippen MR) is 95.5 cm³/mol. The number of ether oxygens (including phenoxy) is 1. The van der Waals surface area contributed by atoms with Gasteiger partial charge in [0.25, 0.3) is 0 Å². The fourth-order valence-corrected chi connectivity index (χ4v) is 3.49. The molecule has 1 N–H and O–H groups in total. The number of hydrogen-bond donors (Lipinski definition) is 1. The Labute approximate surface area is 144 Å². The Bertz CT molecular complexity index is 773. The molecule has 2 aromatic rings. The SMILES string of the molecule is CCOc1ccccc1CNCc1ccccc1S(=O)(=O)N(C)C. The first-order valence-corrected chi connectivity index (χ1v) is 9.32. The normalized spacial score (nSPS) is 11.7. The highest BCUT2D eigenvalue weighted by atomic mass is 32.2. The van der Waals surface area contributed by atoms with Gasteiger partial charge >= 0.3 is 0 Å². The zero-order valence-corrected chi connectivity index (χ0v) is 15.1. The summed E-state index contributed by atoms with van der Waals surface area (Å²) in [4.78, 5) is 0.334. The molecular weight excluding hydrogens is 324 g/mol. The third kappa shape index (κ3) is 4.35. The Kier molecular flexibility index (Phi) is 6.36. The zero-order chi connectivity index (χ0) is 17.6. The molecule has 0 aliphatic carbocycles. The molecule has 0 unspecified atom stereocenters. The van der Waals surface area contributed by atoms with Crippen LogP contribution in [0.2, 0.25) is 0 Å². The molecule has 0 radical (unpaired) electrons. The Hall–Kier alpha value is -1.89. The molecule has 5 nitrogen and oxygen atoms in total. The lowest BCUT2D eigenvalue weighted by molar-refractivity contribution is 0.335. The van der Waals surface area contributed by atoms with E-state index in [9.17, 15) is 8.42 Å². The molecular formula is C18H24N2O3S. The molecule has 0 aliphatic heterocycles. The van der Waals surface area contributed by atoms with Gasteiger partial charge in [0, 0.05) is 32.7 Å². The van der Waals surface area contributed by atoms with Crippen LogP contribution in [0.15, 0.2) is 53.4 Å². The molecule has 24 heavy (non-hydrogen) atoms. The van der Waals surface area contributed by atoms with Crippen LogP contribution < -0.4 is 10.1 Å². The largest absolute Gasteiger partial charge is 0.494 e. The summed E-state index contributed by atoms with van der Waals surface area (Å²) in [5.74, 6) is 0.849. The summed E-state index contributed by atoms with van der Waals surface area (Å²) in [5.41, 5.74) is 1.80. The van der Waals surface area contributed by atoms with Gasteiger partial charge in [-0.2, -0.15) is 0 Å². The number of nitrogens with one attached hydrogen (secondary N) is 1. The predicted octanol–water partition coefficient (Wildman–Crippen LogP) is 2.63. The quantitative estimate of drug-likeness (QED) is 0.797. The van der Waals surface area contributed by atoms with Crippen LogP contribution in [-0.4, -0.2) is 33.4 Å². The molecule has 0 amide bonds. The van der Waals surface area contributed by atoms with Crippen LogP contribution in [0.1, 0.15) is 18.1 Å². The van der Waals surface area contributed by atoms with Gasteiger partial charge in [-0.15, -0.1) is 0 Å². The third-order valence-electron chi connectivity index (χ3n) is 3.63. The van der Waals surface area contributed by atoms with Crippen molar-refractivity contribution in [2.45, 2.75) is 24.9 Å². The van der Waals surface area contributed by atoms with E-state index in [4.69, 9.17) is 4.74 Å². The maximum absolute atomic E-state index is 12.4. The summed E-state index contributed by atoms with van der Waals surface area (Å²) in [6.45, 7) is 3.63. The van der Waals surface area contributed by atoms with E-state index >= 15 is 0 Å². The van der Waals surface area contributed by atoms with Crippen molar-refractivity contribution in [2.75, 3.05) is 20.7 Å². The highest BCUT2D eigenvalue weighted by molar-refractivity contribution is 7.89. The standard InChI is InChI=1S/C18H24N2O3S/c1-4-23-17-11-7-5-9-15(17)13-19-14-16-10-6-8-12-18(16)24(21,22)20(2)3/h5-12,19H,4,13-14H2,1-3H3. The lowest BCUT2D eigenvalue weighted by Crippen LogP contribution is -2.24. The van der Waals surface area contributed by atoms with Crippen molar-refractivity contribution >= 4 is 10.0 Å². The molecule has 130 valence electrons. The first-order valence-electron chi connectivity index (χ1n) is 7.88. The molecule has 0 fully saturated rings. The van der Waals surface area contributed by atoms with E-state index in [-0.39, 0.29) is 0 Å². The van der Waals surface area contributed by atoms with Crippen molar-refractivity contribution in [1.29, 1.82) is 0 Å². The molecule has 0 bridgehead atoms. The van der Waals surface area contributed by atoms with Crippen LogP contribution >= 0.6 is 0 Å². The van der Waals surface area contributed by atoms with Gasteiger partial charge in [0.1, 0.15) is 5.75 Å². The Balaban J connectivity index is 2.12. The number of benzene rings is 2.